The highest BCUT2D eigenvalue weighted by Crippen LogP contribution is 2.38. The molecule has 0 saturated carbocycles. The molecular formula is C24H14Cl2F6N4OS. The Morgan fingerprint density at radius 1 is 0.842 bits per heavy atom. The average molecular weight is 591 g/mol. The summed E-state index contributed by atoms with van der Waals surface area (Å²) in [5.41, 5.74) is -2.52. The number of nitrogens with one attached hydrogen (secondary N) is 1. The molecule has 38 heavy (non-hydrogen) atoms. The van der Waals surface area contributed by atoms with Gasteiger partial charge in [0.05, 0.1) is 16.9 Å². The summed E-state index contributed by atoms with van der Waals surface area (Å²) in [5.74, 6) is -0.860. The summed E-state index contributed by atoms with van der Waals surface area (Å²) in [7, 11) is 0. The van der Waals surface area contributed by atoms with Crippen LogP contribution in [0.15, 0.2) is 71.9 Å². The van der Waals surface area contributed by atoms with Gasteiger partial charge in [-0.1, -0.05) is 47.1 Å². The summed E-state index contributed by atoms with van der Waals surface area (Å²) in [4.78, 5) is 12.5. The lowest BCUT2D eigenvalue weighted by Gasteiger charge is -2.15. The average Bonchev–Trinajstić information content (AvgIpc) is 3.26. The van der Waals surface area contributed by atoms with Gasteiger partial charge in [-0.25, -0.2) is 0 Å². The Labute approximate surface area is 225 Å². The molecule has 198 valence electrons. The molecule has 1 N–H and O–H groups in total. The van der Waals surface area contributed by atoms with Gasteiger partial charge in [0.1, 0.15) is 0 Å². The first kappa shape index (κ1) is 27.8. The number of hydrogen-bond donors (Lipinski definition) is 1. The molecule has 14 heteroatoms. The van der Waals surface area contributed by atoms with Crippen molar-refractivity contribution >= 4 is 46.6 Å². The second-order valence-corrected chi connectivity index (χ2v) is 9.58. The van der Waals surface area contributed by atoms with Crippen LogP contribution in [0.4, 0.5) is 32.0 Å². The van der Waals surface area contributed by atoms with Crippen molar-refractivity contribution in [2.45, 2.75) is 17.5 Å². The third-order valence-corrected chi connectivity index (χ3v) is 6.42. The molecule has 0 bridgehead atoms. The second kappa shape index (κ2) is 10.9. The van der Waals surface area contributed by atoms with Gasteiger partial charge in [-0.3, -0.25) is 9.36 Å². The topological polar surface area (TPSA) is 59.8 Å². The van der Waals surface area contributed by atoms with E-state index in [1.54, 1.807) is 53.1 Å². The lowest BCUT2D eigenvalue weighted by molar-refractivity contribution is -0.143. The molecule has 4 rings (SSSR count). The third kappa shape index (κ3) is 6.61. The third-order valence-electron chi connectivity index (χ3n) is 5.00. The van der Waals surface area contributed by atoms with Crippen LogP contribution in [0.5, 0.6) is 0 Å². The van der Waals surface area contributed by atoms with Crippen LogP contribution in [0.3, 0.4) is 0 Å². The Morgan fingerprint density at radius 2 is 1.47 bits per heavy atom. The second-order valence-electron chi connectivity index (χ2n) is 7.76. The van der Waals surface area contributed by atoms with Crippen LogP contribution >= 0.6 is 35.0 Å². The Morgan fingerprint density at radius 3 is 2.05 bits per heavy atom. The van der Waals surface area contributed by atoms with E-state index in [0.717, 1.165) is 11.8 Å². The summed E-state index contributed by atoms with van der Waals surface area (Å²) in [6.07, 6.45) is -10.1. The van der Waals surface area contributed by atoms with Crippen molar-refractivity contribution < 1.29 is 31.1 Å². The minimum absolute atomic E-state index is 0.0175. The Balaban J connectivity index is 1.60. The molecule has 0 fully saturated rings. The van der Waals surface area contributed by atoms with E-state index in [-0.39, 0.29) is 11.2 Å². The summed E-state index contributed by atoms with van der Waals surface area (Å²) in [6.45, 7) is 0. The lowest BCUT2D eigenvalue weighted by atomic mass is 10.1. The standard InChI is InChI=1S/C24H14Cl2F6N4OS/c25-16-4-6-19(7-5-16)36-21(13-2-1-3-17(26)8-13)34-35-22(36)38-12-20(37)33-18-10-14(23(27,28)29)9-15(11-18)24(30,31)32/h1-11H,12H2,(H,33,37). The fourth-order valence-corrected chi connectivity index (χ4v) is 4.42. The Bertz CT molecular complexity index is 1440. The number of amides is 1. The number of anilines is 1. The fourth-order valence-electron chi connectivity index (χ4n) is 3.36. The zero-order valence-corrected chi connectivity index (χ0v) is 21.1. The van der Waals surface area contributed by atoms with Gasteiger partial charge in [0.15, 0.2) is 11.0 Å². The summed E-state index contributed by atoms with van der Waals surface area (Å²) < 4.78 is 80.3. The Hall–Kier alpha value is -3.22. The summed E-state index contributed by atoms with van der Waals surface area (Å²) >= 11 is 13.0. The molecule has 0 unspecified atom stereocenters. The van der Waals surface area contributed by atoms with Gasteiger partial charge in [-0.05, 0) is 54.6 Å². The van der Waals surface area contributed by atoms with Gasteiger partial charge >= 0.3 is 12.4 Å². The van der Waals surface area contributed by atoms with Gasteiger partial charge in [-0.2, -0.15) is 26.3 Å². The van der Waals surface area contributed by atoms with Crippen LogP contribution in [0.25, 0.3) is 17.1 Å². The maximum Gasteiger partial charge on any atom is 0.416 e. The van der Waals surface area contributed by atoms with Gasteiger partial charge in [0, 0.05) is 27.0 Å². The van der Waals surface area contributed by atoms with Crippen LogP contribution in [-0.4, -0.2) is 26.4 Å². The minimum atomic E-state index is -5.04. The molecule has 5 nitrogen and oxygen atoms in total. The van der Waals surface area contributed by atoms with E-state index in [1.807, 2.05) is 0 Å². The number of thioether (sulfide) groups is 1. The van der Waals surface area contributed by atoms with Crippen LogP contribution in [-0.2, 0) is 17.1 Å². The Kier molecular flexibility index (Phi) is 7.96. The highest BCUT2D eigenvalue weighted by atomic mass is 35.5. The summed E-state index contributed by atoms with van der Waals surface area (Å²) in [6, 6.07) is 14.3. The lowest BCUT2D eigenvalue weighted by Crippen LogP contribution is -2.17. The molecule has 0 aliphatic rings. The van der Waals surface area contributed by atoms with Crippen molar-refractivity contribution in [3.63, 3.8) is 0 Å². The molecule has 0 atom stereocenters. The molecule has 3 aromatic carbocycles. The molecule has 0 saturated heterocycles. The number of hydrogen-bond acceptors (Lipinski definition) is 4. The monoisotopic (exact) mass is 590 g/mol. The zero-order valence-electron chi connectivity index (χ0n) is 18.7. The van der Waals surface area contributed by atoms with Crippen LogP contribution < -0.4 is 5.32 Å². The zero-order chi connectivity index (χ0) is 27.7. The van der Waals surface area contributed by atoms with Gasteiger partial charge < -0.3 is 5.32 Å². The van der Waals surface area contributed by atoms with Gasteiger partial charge in [0.2, 0.25) is 5.91 Å². The van der Waals surface area contributed by atoms with Crippen molar-refractivity contribution in [2.24, 2.45) is 0 Å². The van der Waals surface area contributed by atoms with E-state index in [0.29, 0.717) is 39.3 Å². The predicted molar refractivity (Wildman–Crippen MR) is 133 cm³/mol. The van der Waals surface area contributed by atoms with E-state index in [2.05, 4.69) is 15.5 Å². The fraction of sp³-hybridized carbons (Fsp3) is 0.125. The number of benzene rings is 3. The molecule has 0 aliphatic heterocycles. The van der Waals surface area contributed by atoms with Crippen molar-refractivity contribution in [1.82, 2.24) is 14.8 Å². The number of aromatic nitrogens is 3. The number of nitrogens with zero attached hydrogens (tertiary/aromatic N) is 3. The normalized spacial score (nSPS) is 12.0. The minimum Gasteiger partial charge on any atom is -0.325 e. The van der Waals surface area contributed by atoms with E-state index in [1.165, 1.54) is 0 Å². The maximum absolute atomic E-state index is 13.1. The van der Waals surface area contributed by atoms with Crippen molar-refractivity contribution in [3.05, 3.63) is 87.9 Å². The molecule has 1 heterocycles. The van der Waals surface area contributed by atoms with Gasteiger partial charge in [-0.15, -0.1) is 10.2 Å². The molecule has 4 aromatic rings. The first-order valence-corrected chi connectivity index (χ1v) is 12.2. The van der Waals surface area contributed by atoms with Crippen LogP contribution in [0.2, 0.25) is 10.0 Å². The van der Waals surface area contributed by atoms with E-state index in [9.17, 15) is 31.1 Å². The molecule has 1 amide bonds. The first-order valence-electron chi connectivity index (χ1n) is 10.5. The highest BCUT2D eigenvalue weighted by Gasteiger charge is 2.37. The molecule has 1 aromatic heterocycles. The smallest absolute Gasteiger partial charge is 0.325 e. The number of rotatable bonds is 6. The molecule has 0 spiro atoms. The van der Waals surface area contributed by atoms with Crippen LogP contribution in [0.1, 0.15) is 11.1 Å². The molecule has 0 radical (unpaired) electrons. The number of carbonyl (C=O) groups excluding carboxylic acids is 1. The van der Waals surface area contributed by atoms with E-state index < -0.39 is 40.8 Å². The van der Waals surface area contributed by atoms with E-state index in [4.69, 9.17) is 23.2 Å². The van der Waals surface area contributed by atoms with Crippen LogP contribution in [0, 0.1) is 0 Å². The van der Waals surface area contributed by atoms with Crippen molar-refractivity contribution in [1.29, 1.82) is 0 Å². The largest absolute Gasteiger partial charge is 0.416 e. The predicted octanol–water partition coefficient (Wildman–Crippen LogP) is 8.01. The maximum atomic E-state index is 13.1. The summed E-state index contributed by atoms with van der Waals surface area (Å²) in [5, 5.41) is 11.5. The van der Waals surface area contributed by atoms with Crippen molar-refractivity contribution in [3.8, 4) is 17.1 Å². The highest BCUT2D eigenvalue weighted by molar-refractivity contribution is 7.99. The van der Waals surface area contributed by atoms with Crippen molar-refractivity contribution in [2.75, 3.05) is 11.1 Å². The van der Waals surface area contributed by atoms with E-state index >= 15 is 0 Å². The number of alkyl halides is 6. The number of halogens is 8. The molecule has 0 aliphatic carbocycles. The first-order chi connectivity index (χ1) is 17.8. The quantitative estimate of drug-likeness (QED) is 0.182. The SMILES string of the molecule is O=C(CSc1nnc(-c2cccc(Cl)c2)n1-c1ccc(Cl)cc1)Nc1cc(C(F)(F)F)cc(C(F)(F)F)c1. The molecular weight excluding hydrogens is 577 g/mol. The van der Waals surface area contributed by atoms with Gasteiger partial charge in [0.25, 0.3) is 0 Å². The number of carbonyl (C=O) groups is 1.